The van der Waals surface area contributed by atoms with E-state index in [1.165, 1.54) is 12.1 Å². The molecule has 2 fully saturated rings. The van der Waals surface area contributed by atoms with Crippen molar-refractivity contribution in [1.29, 1.82) is 0 Å². The summed E-state index contributed by atoms with van der Waals surface area (Å²) < 4.78 is 43.4. The van der Waals surface area contributed by atoms with Crippen LogP contribution in [0, 0.1) is 17.6 Å². The molecule has 1 amide bonds. The van der Waals surface area contributed by atoms with Gasteiger partial charge in [-0.25, -0.2) is 18.7 Å². The van der Waals surface area contributed by atoms with Gasteiger partial charge in [-0.2, -0.15) is 4.39 Å². The molecule has 2 atom stereocenters. The number of benzene rings is 1. The van der Waals surface area contributed by atoms with Crippen molar-refractivity contribution in [3.63, 3.8) is 0 Å². The number of piperazine rings is 1. The number of amides is 1. The maximum absolute atomic E-state index is 14.8. The molecular formula is C22H24F3N7OS. The van der Waals surface area contributed by atoms with Crippen molar-refractivity contribution < 1.29 is 18.0 Å². The van der Waals surface area contributed by atoms with Crippen molar-refractivity contribution in [2.75, 3.05) is 42.6 Å². The van der Waals surface area contributed by atoms with E-state index in [-0.39, 0.29) is 40.4 Å². The molecule has 2 bridgehead atoms. The summed E-state index contributed by atoms with van der Waals surface area (Å²) in [7, 11) is 1.58. The minimum absolute atomic E-state index is 0.0844. The Morgan fingerprint density at radius 1 is 1.21 bits per heavy atom. The standard InChI is InChI=1S/C22H24F3N7OS/c1-27-16-17-22(31-20(26)19(25)30-17)34-18(16)21(33)28-5-4-10-6-14(24)15(7-13(10)23)32-8-11-2-3-12(9-32)29-11/h6-7,11-12,27,29H,2-5,8-9H2,1H3,(H2,26,31)(H,28,33). The second-order valence-corrected chi connectivity index (χ2v) is 9.55. The lowest BCUT2D eigenvalue weighted by atomic mass is 10.1. The predicted molar refractivity (Wildman–Crippen MR) is 126 cm³/mol. The fourth-order valence-corrected chi connectivity index (χ4v) is 5.74. The van der Waals surface area contributed by atoms with E-state index in [2.05, 4.69) is 25.9 Å². The lowest BCUT2D eigenvalue weighted by Gasteiger charge is -2.34. The number of rotatable bonds is 6. The number of hydrogen-bond acceptors (Lipinski definition) is 8. The van der Waals surface area contributed by atoms with Crippen molar-refractivity contribution in [3.8, 4) is 0 Å². The van der Waals surface area contributed by atoms with Crippen LogP contribution >= 0.6 is 11.3 Å². The number of nitrogen functional groups attached to an aromatic ring is 1. The molecule has 4 heterocycles. The van der Waals surface area contributed by atoms with Crippen LogP contribution in [0.25, 0.3) is 10.3 Å². The number of thiophene rings is 1. The third kappa shape index (κ3) is 4.11. The summed E-state index contributed by atoms with van der Waals surface area (Å²) in [6.07, 6.45) is 2.21. The van der Waals surface area contributed by atoms with Gasteiger partial charge >= 0.3 is 0 Å². The number of nitrogens with zero attached hydrogens (tertiary/aromatic N) is 3. The van der Waals surface area contributed by atoms with E-state index in [0.717, 1.165) is 24.2 Å². The molecule has 0 radical (unpaired) electrons. The Bertz CT molecular complexity index is 1260. The minimum atomic E-state index is -0.914. The largest absolute Gasteiger partial charge is 0.385 e. The number of halogens is 3. The van der Waals surface area contributed by atoms with E-state index < -0.39 is 23.5 Å². The molecule has 5 rings (SSSR count). The molecule has 2 saturated heterocycles. The molecule has 1 aromatic carbocycles. The molecule has 12 heteroatoms. The number of fused-ring (bicyclic) bond motifs is 3. The van der Waals surface area contributed by atoms with Gasteiger partial charge in [0.05, 0.1) is 11.4 Å². The fourth-order valence-electron chi connectivity index (χ4n) is 4.69. The first kappa shape index (κ1) is 22.7. The summed E-state index contributed by atoms with van der Waals surface area (Å²) >= 11 is 1.01. The summed E-state index contributed by atoms with van der Waals surface area (Å²) in [5, 5.41) is 9.01. The third-order valence-corrected chi connectivity index (χ3v) is 7.39. The van der Waals surface area contributed by atoms with Crippen LogP contribution < -0.4 is 26.6 Å². The van der Waals surface area contributed by atoms with Crippen LogP contribution in [0.1, 0.15) is 28.1 Å². The molecule has 5 N–H and O–H groups in total. The highest BCUT2D eigenvalue weighted by Crippen LogP contribution is 2.34. The number of carbonyl (C=O) groups excluding carboxylic acids is 1. The minimum Gasteiger partial charge on any atom is -0.385 e. The van der Waals surface area contributed by atoms with Gasteiger partial charge < -0.3 is 26.6 Å². The maximum Gasteiger partial charge on any atom is 0.263 e. The third-order valence-electron chi connectivity index (χ3n) is 6.32. The first-order chi connectivity index (χ1) is 16.3. The van der Waals surface area contributed by atoms with Crippen LogP contribution in [-0.4, -0.2) is 54.6 Å². The first-order valence-electron chi connectivity index (χ1n) is 11.0. The van der Waals surface area contributed by atoms with E-state index in [4.69, 9.17) is 5.73 Å². The average Bonchev–Trinajstić information content (AvgIpc) is 3.34. The van der Waals surface area contributed by atoms with Crippen molar-refractivity contribution in [2.45, 2.75) is 31.3 Å². The van der Waals surface area contributed by atoms with Crippen molar-refractivity contribution >= 4 is 44.8 Å². The SMILES string of the molecule is CNc1c(C(=O)NCCc2cc(F)c(N3CC4CCC(C3)N4)cc2F)sc2nc(N)c(F)nc12. The van der Waals surface area contributed by atoms with Crippen molar-refractivity contribution in [3.05, 3.63) is 40.2 Å². The summed E-state index contributed by atoms with van der Waals surface area (Å²) in [5.41, 5.74) is 6.47. The van der Waals surface area contributed by atoms with E-state index >= 15 is 0 Å². The van der Waals surface area contributed by atoms with Gasteiger partial charge in [-0.3, -0.25) is 4.79 Å². The zero-order valence-electron chi connectivity index (χ0n) is 18.4. The summed E-state index contributed by atoms with van der Waals surface area (Å²) in [4.78, 5) is 22.9. The van der Waals surface area contributed by atoms with Gasteiger partial charge in [0, 0.05) is 44.8 Å². The highest BCUT2D eigenvalue weighted by molar-refractivity contribution is 7.21. The molecule has 2 unspecified atom stereocenters. The van der Waals surface area contributed by atoms with Crippen LogP contribution in [0.4, 0.5) is 30.4 Å². The molecule has 34 heavy (non-hydrogen) atoms. The lowest BCUT2D eigenvalue weighted by molar-refractivity contribution is 0.0959. The van der Waals surface area contributed by atoms with Crippen LogP contribution in [0.3, 0.4) is 0 Å². The highest BCUT2D eigenvalue weighted by Gasteiger charge is 2.33. The fraction of sp³-hybridized carbons (Fsp3) is 0.409. The zero-order valence-corrected chi connectivity index (χ0v) is 19.2. The highest BCUT2D eigenvalue weighted by atomic mass is 32.1. The molecule has 8 nitrogen and oxygen atoms in total. The van der Waals surface area contributed by atoms with Crippen molar-refractivity contribution in [2.24, 2.45) is 0 Å². The van der Waals surface area contributed by atoms with Gasteiger partial charge in [0.15, 0.2) is 5.82 Å². The van der Waals surface area contributed by atoms with E-state index in [0.29, 0.717) is 35.7 Å². The van der Waals surface area contributed by atoms with Crippen LogP contribution in [-0.2, 0) is 6.42 Å². The smallest absolute Gasteiger partial charge is 0.263 e. The average molecular weight is 492 g/mol. The second kappa shape index (κ2) is 8.91. The lowest BCUT2D eigenvalue weighted by Crippen LogP contribution is -2.51. The Balaban J connectivity index is 1.27. The number of nitrogens with two attached hydrogens (primary N) is 1. The molecule has 2 aromatic heterocycles. The molecular weight excluding hydrogens is 467 g/mol. The molecule has 180 valence electrons. The molecule has 2 aliphatic heterocycles. The zero-order chi connectivity index (χ0) is 24.0. The Kier molecular flexibility index (Phi) is 5.94. The van der Waals surface area contributed by atoms with E-state index in [1.807, 2.05) is 4.90 Å². The normalized spacial score (nSPS) is 19.6. The monoisotopic (exact) mass is 491 g/mol. The van der Waals surface area contributed by atoms with Gasteiger partial charge in [-0.05, 0) is 30.9 Å². The second-order valence-electron chi connectivity index (χ2n) is 8.55. The summed E-state index contributed by atoms with van der Waals surface area (Å²) in [5.74, 6) is -2.70. The van der Waals surface area contributed by atoms with Gasteiger partial charge in [0.2, 0.25) is 0 Å². The van der Waals surface area contributed by atoms with Gasteiger partial charge in [-0.15, -0.1) is 11.3 Å². The number of anilines is 3. The number of nitrogens with one attached hydrogen (secondary N) is 3. The van der Waals surface area contributed by atoms with E-state index in [9.17, 15) is 18.0 Å². The van der Waals surface area contributed by atoms with Gasteiger partial charge in [-0.1, -0.05) is 0 Å². The quantitative estimate of drug-likeness (QED) is 0.420. The Labute approximate surface area is 197 Å². The summed E-state index contributed by atoms with van der Waals surface area (Å²) in [6.45, 7) is 1.40. The van der Waals surface area contributed by atoms with E-state index in [1.54, 1.807) is 7.05 Å². The topological polar surface area (TPSA) is 108 Å². The molecule has 0 saturated carbocycles. The Morgan fingerprint density at radius 3 is 2.65 bits per heavy atom. The molecule has 0 spiro atoms. The number of aromatic nitrogens is 2. The number of carbonyl (C=O) groups is 1. The molecule has 3 aromatic rings. The first-order valence-corrected chi connectivity index (χ1v) is 11.9. The molecule has 2 aliphatic rings. The maximum atomic E-state index is 14.8. The van der Waals surface area contributed by atoms with Crippen LogP contribution in [0.2, 0.25) is 0 Å². The predicted octanol–water partition coefficient (Wildman–Crippen LogP) is 2.65. The van der Waals surface area contributed by atoms with Crippen LogP contribution in [0.5, 0.6) is 0 Å². The van der Waals surface area contributed by atoms with Gasteiger partial charge in [0.1, 0.15) is 26.9 Å². The van der Waals surface area contributed by atoms with Crippen molar-refractivity contribution in [1.82, 2.24) is 20.6 Å². The molecule has 0 aliphatic carbocycles. The van der Waals surface area contributed by atoms with Crippen LogP contribution in [0.15, 0.2) is 12.1 Å². The summed E-state index contributed by atoms with van der Waals surface area (Å²) in [6, 6.07) is 3.08. The Morgan fingerprint density at radius 2 is 1.94 bits per heavy atom. The number of hydrogen-bond donors (Lipinski definition) is 4. The van der Waals surface area contributed by atoms with Gasteiger partial charge in [0.25, 0.3) is 11.9 Å². The Hall–Kier alpha value is -3.12.